The van der Waals surface area contributed by atoms with Gasteiger partial charge in [0.1, 0.15) is 6.10 Å². The van der Waals surface area contributed by atoms with Gasteiger partial charge in [0.25, 0.3) is 5.91 Å². The molecule has 154 valence electrons. The Morgan fingerprint density at radius 3 is 2.25 bits per heavy atom. The van der Waals surface area contributed by atoms with Crippen molar-refractivity contribution in [2.45, 2.75) is 32.8 Å². The van der Waals surface area contributed by atoms with E-state index in [-0.39, 0.29) is 17.9 Å². The van der Waals surface area contributed by atoms with Crippen molar-refractivity contribution >= 4 is 11.8 Å². The fraction of sp³-hybridized carbons (Fsp3) is 0.619. The van der Waals surface area contributed by atoms with Crippen molar-refractivity contribution in [3.05, 3.63) is 23.8 Å². The van der Waals surface area contributed by atoms with Crippen molar-refractivity contribution in [1.29, 1.82) is 0 Å². The van der Waals surface area contributed by atoms with Crippen LogP contribution in [0.15, 0.2) is 18.2 Å². The molecule has 2 amide bonds. The van der Waals surface area contributed by atoms with Crippen molar-refractivity contribution in [3.8, 4) is 11.5 Å². The standard InChI is InChI=1S/C21H31N3O4/c1-4-22-11-13-24(14-12-22)21(26)17-5-6-19(20(15-17)27-3)28-18-7-9-23(10-8-18)16(2)25/h5-6,15,18H,4,7-14H2,1-3H3. The number of benzene rings is 1. The van der Waals surface area contributed by atoms with E-state index in [2.05, 4.69) is 11.8 Å². The lowest BCUT2D eigenvalue weighted by Gasteiger charge is -2.34. The van der Waals surface area contributed by atoms with Crippen LogP contribution in [0.4, 0.5) is 0 Å². The predicted octanol–water partition coefficient (Wildman–Crippen LogP) is 1.86. The van der Waals surface area contributed by atoms with Gasteiger partial charge >= 0.3 is 0 Å². The normalized spacial score (nSPS) is 18.8. The zero-order valence-corrected chi connectivity index (χ0v) is 17.1. The number of carbonyl (C=O) groups excluding carboxylic acids is 2. The Balaban J connectivity index is 1.62. The van der Waals surface area contributed by atoms with Crippen LogP contribution in [0, 0.1) is 0 Å². The van der Waals surface area contributed by atoms with Crippen LogP contribution in [-0.4, -0.2) is 85.5 Å². The number of carbonyl (C=O) groups is 2. The lowest BCUT2D eigenvalue weighted by molar-refractivity contribution is -0.130. The Morgan fingerprint density at radius 1 is 1.00 bits per heavy atom. The summed E-state index contributed by atoms with van der Waals surface area (Å²) in [5.74, 6) is 1.37. The number of methoxy groups -OCH3 is 1. The van der Waals surface area contributed by atoms with E-state index >= 15 is 0 Å². The van der Waals surface area contributed by atoms with Gasteiger partial charge in [-0.2, -0.15) is 0 Å². The van der Waals surface area contributed by atoms with Crippen molar-refractivity contribution in [2.24, 2.45) is 0 Å². The minimum Gasteiger partial charge on any atom is -0.493 e. The van der Waals surface area contributed by atoms with Crippen molar-refractivity contribution in [1.82, 2.24) is 14.7 Å². The minimum atomic E-state index is 0.0374. The predicted molar refractivity (Wildman–Crippen MR) is 107 cm³/mol. The summed E-state index contributed by atoms with van der Waals surface area (Å²) < 4.78 is 11.6. The molecule has 3 rings (SSSR count). The molecule has 0 atom stereocenters. The molecular formula is C21H31N3O4. The maximum atomic E-state index is 12.8. The number of likely N-dealkylation sites (N-methyl/N-ethyl adjacent to an activating group) is 1. The van der Waals surface area contributed by atoms with Crippen LogP contribution in [0.5, 0.6) is 11.5 Å². The van der Waals surface area contributed by atoms with Gasteiger partial charge in [0.05, 0.1) is 7.11 Å². The average Bonchev–Trinajstić information content (AvgIpc) is 2.74. The van der Waals surface area contributed by atoms with Crippen LogP contribution in [0.25, 0.3) is 0 Å². The second-order valence-corrected chi connectivity index (χ2v) is 7.42. The van der Waals surface area contributed by atoms with Crippen molar-refractivity contribution in [3.63, 3.8) is 0 Å². The third-order valence-electron chi connectivity index (χ3n) is 5.70. The van der Waals surface area contributed by atoms with Crippen molar-refractivity contribution < 1.29 is 19.1 Å². The summed E-state index contributed by atoms with van der Waals surface area (Å²) in [6, 6.07) is 5.41. The molecule has 0 bridgehead atoms. The highest BCUT2D eigenvalue weighted by atomic mass is 16.5. The fourth-order valence-corrected chi connectivity index (χ4v) is 3.82. The first-order valence-electron chi connectivity index (χ1n) is 10.1. The van der Waals surface area contributed by atoms with E-state index in [0.29, 0.717) is 30.2 Å². The van der Waals surface area contributed by atoms with E-state index in [9.17, 15) is 9.59 Å². The van der Waals surface area contributed by atoms with Crippen LogP contribution in [0.2, 0.25) is 0 Å². The SMILES string of the molecule is CCN1CCN(C(=O)c2ccc(OC3CCN(C(C)=O)CC3)c(OC)c2)CC1. The number of rotatable bonds is 5. The second-order valence-electron chi connectivity index (χ2n) is 7.42. The Hall–Kier alpha value is -2.28. The Kier molecular flexibility index (Phi) is 6.78. The Morgan fingerprint density at radius 2 is 1.68 bits per heavy atom. The van der Waals surface area contributed by atoms with Gasteiger partial charge in [-0.25, -0.2) is 0 Å². The molecule has 0 unspecified atom stereocenters. The van der Waals surface area contributed by atoms with Gasteiger partial charge in [0.15, 0.2) is 11.5 Å². The third-order valence-corrected chi connectivity index (χ3v) is 5.70. The number of likely N-dealkylation sites (tertiary alicyclic amines) is 1. The average molecular weight is 389 g/mol. The van der Waals surface area contributed by atoms with Crippen LogP contribution in [-0.2, 0) is 4.79 Å². The molecule has 0 aliphatic carbocycles. The van der Waals surface area contributed by atoms with Crippen LogP contribution in [0.1, 0.15) is 37.0 Å². The first-order valence-corrected chi connectivity index (χ1v) is 10.1. The molecule has 28 heavy (non-hydrogen) atoms. The minimum absolute atomic E-state index is 0.0374. The first kappa shape index (κ1) is 20.5. The number of piperazine rings is 1. The van der Waals surface area contributed by atoms with Crippen molar-refractivity contribution in [2.75, 3.05) is 52.9 Å². The zero-order valence-electron chi connectivity index (χ0n) is 17.1. The monoisotopic (exact) mass is 389 g/mol. The molecule has 1 aromatic carbocycles. The Labute approximate surface area is 167 Å². The molecule has 7 heteroatoms. The van der Waals surface area contributed by atoms with E-state index in [1.54, 1.807) is 20.1 Å². The van der Waals surface area contributed by atoms with Gasteiger partial charge in [-0.15, -0.1) is 0 Å². The maximum Gasteiger partial charge on any atom is 0.254 e. The summed E-state index contributed by atoms with van der Waals surface area (Å²) in [5.41, 5.74) is 0.626. The smallest absolute Gasteiger partial charge is 0.254 e. The molecule has 2 saturated heterocycles. The van der Waals surface area contributed by atoms with E-state index in [1.165, 1.54) is 0 Å². The lowest BCUT2D eigenvalue weighted by Crippen LogP contribution is -2.48. The van der Waals surface area contributed by atoms with Crippen LogP contribution in [0.3, 0.4) is 0 Å². The fourth-order valence-electron chi connectivity index (χ4n) is 3.82. The lowest BCUT2D eigenvalue weighted by atomic mass is 10.1. The van der Waals surface area contributed by atoms with Gasteiger partial charge in [0, 0.05) is 64.6 Å². The molecule has 2 aliphatic rings. The summed E-state index contributed by atoms with van der Waals surface area (Å²) >= 11 is 0. The van der Waals surface area contributed by atoms with Gasteiger partial charge in [-0.3, -0.25) is 9.59 Å². The third kappa shape index (κ3) is 4.76. The molecule has 2 aliphatic heterocycles. The number of ether oxygens (including phenoxy) is 2. The Bertz CT molecular complexity index is 693. The number of piperidine rings is 1. The molecule has 0 N–H and O–H groups in total. The van der Waals surface area contributed by atoms with E-state index in [4.69, 9.17) is 9.47 Å². The molecule has 2 fully saturated rings. The van der Waals surface area contributed by atoms with E-state index in [1.807, 2.05) is 21.9 Å². The van der Waals surface area contributed by atoms with Gasteiger partial charge in [-0.1, -0.05) is 6.92 Å². The molecule has 7 nitrogen and oxygen atoms in total. The maximum absolute atomic E-state index is 12.8. The van der Waals surface area contributed by atoms with E-state index < -0.39 is 0 Å². The summed E-state index contributed by atoms with van der Waals surface area (Å²) in [6.45, 7) is 9.52. The number of amides is 2. The topological polar surface area (TPSA) is 62.3 Å². The molecule has 2 heterocycles. The zero-order chi connectivity index (χ0) is 20.1. The molecular weight excluding hydrogens is 358 g/mol. The molecule has 0 spiro atoms. The van der Waals surface area contributed by atoms with Gasteiger partial charge in [0.2, 0.25) is 5.91 Å². The van der Waals surface area contributed by atoms with E-state index in [0.717, 1.165) is 45.6 Å². The van der Waals surface area contributed by atoms with Gasteiger partial charge in [-0.05, 0) is 24.7 Å². The van der Waals surface area contributed by atoms with Gasteiger partial charge < -0.3 is 24.2 Å². The molecule has 0 saturated carbocycles. The second kappa shape index (κ2) is 9.28. The summed E-state index contributed by atoms with van der Waals surface area (Å²) in [7, 11) is 1.59. The van der Waals surface area contributed by atoms with Crippen LogP contribution < -0.4 is 9.47 Å². The summed E-state index contributed by atoms with van der Waals surface area (Å²) in [6.07, 6.45) is 1.64. The summed E-state index contributed by atoms with van der Waals surface area (Å²) in [5, 5.41) is 0. The summed E-state index contributed by atoms with van der Waals surface area (Å²) in [4.78, 5) is 30.4. The number of hydrogen-bond donors (Lipinski definition) is 0. The molecule has 1 aromatic rings. The molecule has 0 aromatic heterocycles. The highest BCUT2D eigenvalue weighted by Gasteiger charge is 2.25. The largest absolute Gasteiger partial charge is 0.493 e. The quantitative estimate of drug-likeness (QED) is 0.769. The first-order chi connectivity index (χ1) is 13.5. The highest BCUT2D eigenvalue weighted by molar-refractivity contribution is 5.95. The van der Waals surface area contributed by atoms with Crippen LogP contribution >= 0.6 is 0 Å². The highest BCUT2D eigenvalue weighted by Crippen LogP contribution is 2.31. The molecule has 0 radical (unpaired) electrons. The number of nitrogens with zero attached hydrogens (tertiary/aromatic N) is 3. The number of hydrogen-bond acceptors (Lipinski definition) is 5.